The summed E-state index contributed by atoms with van der Waals surface area (Å²) in [6.07, 6.45) is -2.33. The number of carbonyl (C=O) groups is 3. The van der Waals surface area contributed by atoms with Crippen LogP contribution in [-0.2, 0) is 4.79 Å². The monoisotopic (exact) mass is 206 g/mol. The second-order valence-corrected chi connectivity index (χ2v) is 1.48. The summed E-state index contributed by atoms with van der Waals surface area (Å²) in [5, 5.41) is 21.0. The van der Waals surface area contributed by atoms with Crippen molar-refractivity contribution in [3.8, 4) is 0 Å². The van der Waals surface area contributed by atoms with Crippen LogP contribution in [0.3, 0.4) is 0 Å². The van der Waals surface area contributed by atoms with Crippen LogP contribution >= 0.6 is 0 Å². The Kier molecular flexibility index (Phi) is 15.0. The number of rotatable bonds is 0. The van der Waals surface area contributed by atoms with Gasteiger partial charge in [-0.1, -0.05) is 0 Å². The first-order valence-corrected chi connectivity index (χ1v) is 2.48. The van der Waals surface area contributed by atoms with Crippen LogP contribution in [0.2, 0.25) is 0 Å². The van der Waals surface area contributed by atoms with E-state index in [1.54, 1.807) is 0 Å². The maximum atomic E-state index is 10.1. The summed E-state index contributed by atoms with van der Waals surface area (Å²) < 4.78 is 0. The number of imide groups is 1. The number of carbonyl (C=O) groups excluding carboxylic acids is 3. The molecule has 0 aliphatic carbocycles. The first-order valence-electron chi connectivity index (χ1n) is 2.48. The average molecular weight is 206 g/mol. The van der Waals surface area contributed by atoms with E-state index >= 15 is 0 Å². The standard InChI is InChI=1S/C3H4N2O2.CH2O3.2Na/c6-2-1-4-3(7)5-2;2-1(3)4;;/h1H2,(H2,4,5,6,7);(H2,2,3,4);;/q;;2*+1/p-2. The molecule has 0 unspecified atom stereocenters. The van der Waals surface area contributed by atoms with Crippen molar-refractivity contribution >= 4 is 18.1 Å². The van der Waals surface area contributed by atoms with Gasteiger partial charge in [0.2, 0.25) is 5.91 Å². The van der Waals surface area contributed by atoms with E-state index in [0.717, 1.165) is 0 Å². The second-order valence-electron chi connectivity index (χ2n) is 1.48. The van der Waals surface area contributed by atoms with E-state index in [9.17, 15) is 9.59 Å². The van der Waals surface area contributed by atoms with E-state index in [1.807, 2.05) is 5.32 Å². The van der Waals surface area contributed by atoms with E-state index in [-0.39, 0.29) is 71.6 Å². The van der Waals surface area contributed by atoms with Gasteiger partial charge in [0.05, 0.1) is 6.54 Å². The van der Waals surface area contributed by atoms with Crippen molar-refractivity contribution in [2.24, 2.45) is 0 Å². The Labute approximate surface area is 118 Å². The first-order chi connectivity index (χ1) is 5.02. The molecule has 0 spiro atoms. The van der Waals surface area contributed by atoms with Crippen LogP contribution in [0.25, 0.3) is 0 Å². The molecule has 1 fully saturated rings. The third-order valence-corrected chi connectivity index (χ3v) is 0.662. The summed E-state index contributed by atoms with van der Waals surface area (Å²) in [4.78, 5) is 28.4. The van der Waals surface area contributed by atoms with Crippen LogP contribution in [0.4, 0.5) is 9.59 Å². The molecule has 1 saturated heterocycles. The molecular formula is C4H4N2Na2O5. The maximum absolute atomic E-state index is 10.1. The summed E-state index contributed by atoms with van der Waals surface area (Å²) in [5.41, 5.74) is 0. The molecule has 2 N–H and O–H groups in total. The van der Waals surface area contributed by atoms with Gasteiger partial charge in [-0.2, -0.15) is 0 Å². The van der Waals surface area contributed by atoms with Crippen molar-refractivity contribution in [1.29, 1.82) is 0 Å². The van der Waals surface area contributed by atoms with E-state index in [0.29, 0.717) is 0 Å². The molecule has 1 heterocycles. The van der Waals surface area contributed by atoms with Gasteiger partial charge in [0.1, 0.15) is 0 Å². The molecule has 0 radical (unpaired) electrons. The molecule has 62 valence electrons. The summed E-state index contributed by atoms with van der Waals surface area (Å²) in [6, 6.07) is -0.398. The van der Waals surface area contributed by atoms with Crippen molar-refractivity contribution < 1.29 is 83.7 Å². The van der Waals surface area contributed by atoms with Gasteiger partial charge in [-0.15, -0.1) is 0 Å². The molecule has 9 heteroatoms. The molecule has 1 aliphatic heterocycles. The zero-order chi connectivity index (χ0) is 8.85. The molecule has 0 aromatic heterocycles. The smallest absolute Gasteiger partial charge is 0.652 e. The molecule has 1 rings (SSSR count). The van der Waals surface area contributed by atoms with Crippen molar-refractivity contribution in [3.05, 3.63) is 0 Å². The summed E-state index contributed by atoms with van der Waals surface area (Å²) in [7, 11) is 0. The predicted octanol–water partition coefficient (Wildman–Crippen LogP) is -9.61. The fourth-order valence-corrected chi connectivity index (χ4v) is 0.376. The maximum Gasteiger partial charge on any atom is 1.00 e. The summed E-state index contributed by atoms with van der Waals surface area (Å²) in [5.74, 6) is -0.259. The predicted molar refractivity (Wildman–Crippen MR) is 26.9 cm³/mol. The van der Waals surface area contributed by atoms with Gasteiger partial charge in [-0.3, -0.25) is 10.1 Å². The Hall–Kier alpha value is 0.210. The number of nitrogens with one attached hydrogen (secondary N) is 2. The van der Waals surface area contributed by atoms with Crippen LogP contribution in [-0.4, -0.2) is 24.6 Å². The van der Waals surface area contributed by atoms with E-state index < -0.39 is 12.2 Å². The second kappa shape index (κ2) is 10.3. The van der Waals surface area contributed by atoms with E-state index in [4.69, 9.17) is 15.0 Å². The molecule has 0 aromatic rings. The number of urea groups is 1. The Bertz CT molecular complexity index is 179. The fourth-order valence-electron chi connectivity index (χ4n) is 0.376. The summed E-state index contributed by atoms with van der Waals surface area (Å²) >= 11 is 0. The van der Waals surface area contributed by atoms with Gasteiger partial charge in [-0.25, -0.2) is 4.79 Å². The van der Waals surface area contributed by atoms with Crippen LogP contribution in [0.1, 0.15) is 0 Å². The molecular weight excluding hydrogens is 202 g/mol. The summed E-state index contributed by atoms with van der Waals surface area (Å²) in [6.45, 7) is 0.124. The number of hydrogen-bond acceptors (Lipinski definition) is 5. The van der Waals surface area contributed by atoms with Gasteiger partial charge in [-0.05, 0) is 6.16 Å². The topological polar surface area (TPSA) is 121 Å². The number of amides is 3. The largest absolute Gasteiger partial charge is 1.00 e. The molecule has 0 saturated carbocycles. The fraction of sp³-hybridized carbons (Fsp3) is 0.250. The van der Waals surface area contributed by atoms with Crippen molar-refractivity contribution in [2.45, 2.75) is 0 Å². The Morgan fingerprint density at radius 2 is 1.62 bits per heavy atom. The molecule has 3 amide bonds. The van der Waals surface area contributed by atoms with E-state index in [2.05, 4.69) is 5.32 Å². The van der Waals surface area contributed by atoms with Gasteiger partial charge in [0.15, 0.2) is 0 Å². The van der Waals surface area contributed by atoms with Gasteiger partial charge >= 0.3 is 65.1 Å². The van der Waals surface area contributed by atoms with Crippen molar-refractivity contribution in [3.63, 3.8) is 0 Å². The van der Waals surface area contributed by atoms with Crippen LogP contribution in [0.15, 0.2) is 0 Å². The third kappa shape index (κ3) is 15.0. The van der Waals surface area contributed by atoms with Crippen LogP contribution in [0.5, 0.6) is 0 Å². The Morgan fingerprint density at radius 1 is 1.23 bits per heavy atom. The third-order valence-electron chi connectivity index (χ3n) is 0.662. The molecule has 0 bridgehead atoms. The minimum Gasteiger partial charge on any atom is -0.652 e. The quantitative estimate of drug-likeness (QED) is 0.301. The average Bonchev–Trinajstić information content (AvgIpc) is 2.13. The Morgan fingerprint density at radius 3 is 1.69 bits per heavy atom. The molecule has 13 heavy (non-hydrogen) atoms. The SMILES string of the molecule is O=C([O-])[O-].O=C1CNC(=O)N1.[Na+].[Na+]. The zero-order valence-electron chi connectivity index (χ0n) is 7.25. The minimum absolute atomic E-state index is 0. The number of hydrogen-bond donors (Lipinski definition) is 2. The van der Waals surface area contributed by atoms with Crippen molar-refractivity contribution in [2.75, 3.05) is 6.54 Å². The molecule has 7 nitrogen and oxygen atoms in total. The van der Waals surface area contributed by atoms with Crippen LogP contribution < -0.4 is 80.0 Å². The zero-order valence-corrected chi connectivity index (χ0v) is 11.2. The van der Waals surface area contributed by atoms with E-state index in [1.165, 1.54) is 0 Å². The van der Waals surface area contributed by atoms with Crippen LogP contribution in [0, 0.1) is 0 Å². The van der Waals surface area contributed by atoms with Crippen molar-refractivity contribution in [1.82, 2.24) is 10.6 Å². The molecule has 1 aliphatic rings. The molecule has 0 aromatic carbocycles. The van der Waals surface area contributed by atoms with Gasteiger partial charge in [0, 0.05) is 0 Å². The Balaban J connectivity index is -0.000000150. The molecule has 0 atom stereocenters. The first kappa shape index (κ1) is 18.9. The minimum atomic E-state index is -2.33. The van der Waals surface area contributed by atoms with Gasteiger partial charge < -0.3 is 20.3 Å². The normalized spacial score (nSPS) is 12.0. The number of carboxylic acid groups (broad SMARTS) is 2. The van der Waals surface area contributed by atoms with Gasteiger partial charge in [0.25, 0.3) is 0 Å².